The number of nitrogens with one attached hydrogen (secondary N) is 1. The Morgan fingerprint density at radius 2 is 1.91 bits per heavy atom. The molecule has 0 aliphatic carbocycles. The predicted molar refractivity (Wildman–Crippen MR) is 119 cm³/mol. The molecule has 8 heteroatoms. The van der Waals surface area contributed by atoms with Gasteiger partial charge in [-0.05, 0) is 35.9 Å². The Bertz CT molecular complexity index is 1490. The molecule has 0 unspecified atom stereocenters. The SMILES string of the molecule is Nc1c(C(=O)NCc2ccco2)cc2c(=O)n3ccccc3nc2[n+]1Cc1ccccc1. The highest BCUT2D eigenvalue weighted by Crippen LogP contribution is 2.16. The van der Waals surface area contributed by atoms with Crippen molar-refractivity contribution in [2.24, 2.45) is 0 Å². The van der Waals surface area contributed by atoms with Crippen LogP contribution in [0.15, 0.2) is 88.4 Å². The molecule has 158 valence electrons. The third-order valence-electron chi connectivity index (χ3n) is 5.29. The summed E-state index contributed by atoms with van der Waals surface area (Å²) in [5.74, 6) is 0.438. The predicted octanol–water partition coefficient (Wildman–Crippen LogP) is 2.29. The first-order valence-electron chi connectivity index (χ1n) is 10.1. The third kappa shape index (κ3) is 3.47. The van der Waals surface area contributed by atoms with E-state index in [1.165, 1.54) is 16.7 Å². The summed E-state index contributed by atoms with van der Waals surface area (Å²) in [6, 6.07) is 20.0. The van der Waals surface area contributed by atoms with Crippen LogP contribution in [-0.4, -0.2) is 15.3 Å². The first-order valence-corrected chi connectivity index (χ1v) is 10.1. The fourth-order valence-corrected chi connectivity index (χ4v) is 3.68. The molecule has 4 aromatic heterocycles. The average Bonchev–Trinajstić information content (AvgIpc) is 3.34. The van der Waals surface area contributed by atoms with Crippen LogP contribution in [0, 0.1) is 0 Å². The minimum absolute atomic E-state index is 0.203. The van der Waals surface area contributed by atoms with Gasteiger partial charge in [0.15, 0.2) is 0 Å². The lowest BCUT2D eigenvalue weighted by molar-refractivity contribution is -0.649. The van der Waals surface area contributed by atoms with Gasteiger partial charge in [0, 0.05) is 6.20 Å². The number of furan rings is 1. The first kappa shape index (κ1) is 19.5. The molecule has 5 aromatic rings. The number of pyridine rings is 2. The zero-order chi connectivity index (χ0) is 22.1. The highest BCUT2D eigenvalue weighted by atomic mass is 16.3. The Labute approximate surface area is 182 Å². The van der Waals surface area contributed by atoms with Crippen molar-refractivity contribution in [1.82, 2.24) is 14.7 Å². The van der Waals surface area contributed by atoms with E-state index in [4.69, 9.17) is 10.2 Å². The lowest BCUT2D eigenvalue weighted by atomic mass is 10.1. The van der Waals surface area contributed by atoms with Crippen LogP contribution in [0.5, 0.6) is 0 Å². The second-order valence-corrected chi connectivity index (χ2v) is 7.36. The van der Waals surface area contributed by atoms with Crippen LogP contribution in [0.2, 0.25) is 0 Å². The largest absolute Gasteiger partial charge is 0.467 e. The molecule has 0 saturated heterocycles. The van der Waals surface area contributed by atoms with Gasteiger partial charge in [0.2, 0.25) is 11.5 Å². The number of carbonyl (C=O) groups is 1. The van der Waals surface area contributed by atoms with Gasteiger partial charge in [-0.1, -0.05) is 41.4 Å². The van der Waals surface area contributed by atoms with Crippen LogP contribution >= 0.6 is 0 Å². The van der Waals surface area contributed by atoms with Crippen molar-refractivity contribution in [2.75, 3.05) is 5.73 Å². The van der Waals surface area contributed by atoms with E-state index in [9.17, 15) is 9.59 Å². The molecule has 0 fully saturated rings. The van der Waals surface area contributed by atoms with Gasteiger partial charge < -0.3 is 15.5 Å². The molecule has 0 aliphatic heterocycles. The maximum absolute atomic E-state index is 13.2. The number of hydrogen-bond acceptors (Lipinski definition) is 5. The maximum atomic E-state index is 13.2. The van der Waals surface area contributed by atoms with E-state index in [1.54, 1.807) is 35.0 Å². The molecule has 1 aromatic carbocycles. The number of benzene rings is 1. The van der Waals surface area contributed by atoms with Gasteiger partial charge in [0.25, 0.3) is 17.1 Å². The molecular formula is C24H20N5O3+. The number of aromatic nitrogens is 3. The van der Waals surface area contributed by atoms with E-state index < -0.39 is 5.91 Å². The Morgan fingerprint density at radius 1 is 1.09 bits per heavy atom. The third-order valence-corrected chi connectivity index (χ3v) is 5.29. The van der Waals surface area contributed by atoms with Gasteiger partial charge in [-0.25, -0.2) is 4.57 Å². The number of nitrogens with two attached hydrogens (primary N) is 1. The first-order chi connectivity index (χ1) is 15.6. The summed E-state index contributed by atoms with van der Waals surface area (Å²) in [5, 5.41) is 3.11. The van der Waals surface area contributed by atoms with Gasteiger partial charge in [-0.3, -0.25) is 14.0 Å². The van der Waals surface area contributed by atoms with Gasteiger partial charge in [0.1, 0.15) is 16.7 Å². The molecule has 1 amide bonds. The van der Waals surface area contributed by atoms with Crippen LogP contribution in [0.4, 0.5) is 5.82 Å². The highest BCUT2D eigenvalue weighted by Gasteiger charge is 2.24. The molecular weight excluding hydrogens is 406 g/mol. The summed E-state index contributed by atoms with van der Waals surface area (Å²) in [6.45, 7) is 0.564. The van der Waals surface area contributed by atoms with E-state index in [0.29, 0.717) is 29.0 Å². The molecule has 0 radical (unpaired) electrons. The second-order valence-electron chi connectivity index (χ2n) is 7.36. The molecule has 32 heavy (non-hydrogen) atoms. The van der Waals surface area contributed by atoms with Crippen LogP contribution in [0.3, 0.4) is 0 Å². The van der Waals surface area contributed by atoms with E-state index in [1.807, 2.05) is 36.4 Å². The molecule has 0 atom stereocenters. The summed E-state index contributed by atoms with van der Waals surface area (Å²) in [5.41, 5.74) is 8.29. The number of hydrogen-bond donors (Lipinski definition) is 2. The molecule has 0 saturated carbocycles. The highest BCUT2D eigenvalue weighted by molar-refractivity contribution is 6.00. The summed E-state index contributed by atoms with van der Waals surface area (Å²) in [4.78, 5) is 30.9. The smallest absolute Gasteiger partial charge is 0.278 e. The van der Waals surface area contributed by atoms with Crippen molar-refractivity contribution in [3.05, 3.63) is 106 Å². The van der Waals surface area contributed by atoms with Crippen molar-refractivity contribution in [3.63, 3.8) is 0 Å². The molecule has 5 rings (SSSR count). The van der Waals surface area contributed by atoms with Crippen molar-refractivity contribution in [1.29, 1.82) is 0 Å². The zero-order valence-corrected chi connectivity index (χ0v) is 17.1. The normalized spacial score (nSPS) is 11.1. The van der Waals surface area contributed by atoms with E-state index >= 15 is 0 Å². The van der Waals surface area contributed by atoms with Gasteiger partial charge in [-0.2, -0.15) is 0 Å². The van der Waals surface area contributed by atoms with Crippen LogP contribution < -0.4 is 21.2 Å². The van der Waals surface area contributed by atoms with Gasteiger partial charge in [-0.15, -0.1) is 0 Å². The summed E-state index contributed by atoms with van der Waals surface area (Å²) >= 11 is 0. The Hall–Kier alpha value is -4.46. The number of amides is 1. The molecule has 0 bridgehead atoms. The maximum Gasteiger partial charge on any atom is 0.278 e. The quantitative estimate of drug-likeness (QED) is 0.331. The number of nitrogens with zero attached hydrogens (tertiary/aromatic N) is 3. The van der Waals surface area contributed by atoms with E-state index in [0.717, 1.165) is 5.56 Å². The van der Waals surface area contributed by atoms with Gasteiger partial charge >= 0.3 is 0 Å². The molecule has 4 heterocycles. The number of fused-ring (bicyclic) bond motifs is 2. The number of nitrogen functional groups attached to an aromatic ring is 1. The van der Waals surface area contributed by atoms with Crippen molar-refractivity contribution in [2.45, 2.75) is 13.1 Å². The minimum atomic E-state index is -0.403. The van der Waals surface area contributed by atoms with Crippen molar-refractivity contribution < 1.29 is 13.8 Å². The molecule has 0 aliphatic rings. The van der Waals surface area contributed by atoms with Crippen LogP contribution in [-0.2, 0) is 13.1 Å². The van der Waals surface area contributed by atoms with Crippen LogP contribution in [0.25, 0.3) is 16.7 Å². The Kier molecular flexibility index (Phi) is 4.87. The monoisotopic (exact) mass is 426 g/mol. The lowest BCUT2D eigenvalue weighted by Gasteiger charge is -2.12. The van der Waals surface area contributed by atoms with E-state index in [-0.39, 0.29) is 23.5 Å². The summed E-state index contributed by atoms with van der Waals surface area (Å²) in [7, 11) is 0. The Morgan fingerprint density at radius 3 is 2.69 bits per heavy atom. The molecule has 0 spiro atoms. The minimum Gasteiger partial charge on any atom is -0.467 e. The number of carbonyl (C=O) groups excluding carboxylic acids is 1. The van der Waals surface area contributed by atoms with E-state index in [2.05, 4.69) is 10.3 Å². The number of anilines is 1. The summed E-state index contributed by atoms with van der Waals surface area (Å²) in [6.07, 6.45) is 3.19. The average molecular weight is 426 g/mol. The van der Waals surface area contributed by atoms with Crippen LogP contribution in [0.1, 0.15) is 21.7 Å². The number of rotatable bonds is 5. The standard InChI is InChI=1S/C24H19N5O3/c25-21-18(23(30)26-14-17-9-6-12-32-17)13-19-22(29(21)15-16-7-2-1-3-8-16)27-20-10-4-5-11-28(20)24(19)31/h1-13,25H,14-15H2,(H,26,30)/p+1. The Balaban J connectivity index is 1.69. The lowest BCUT2D eigenvalue weighted by Crippen LogP contribution is -2.43. The van der Waals surface area contributed by atoms with Crippen molar-refractivity contribution >= 4 is 28.4 Å². The zero-order valence-electron chi connectivity index (χ0n) is 17.1. The fourth-order valence-electron chi connectivity index (χ4n) is 3.68. The fraction of sp³-hybridized carbons (Fsp3) is 0.0833. The topological polar surface area (TPSA) is 107 Å². The second kappa shape index (κ2) is 7.99. The molecule has 8 nitrogen and oxygen atoms in total. The van der Waals surface area contributed by atoms with Gasteiger partial charge in [0.05, 0.1) is 19.4 Å². The summed E-state index contributed by atoms with van der Waals surface area (Å²) < 4.78 is 8.44. The van der Waals surface area contributed by atoms with Crippen molar-refractivity contribution in [3.8, 4) is 0 Å². The molecule has 3 N–H and O–H groups in total.